The van der Waals surface area contributed by atoms with Crippen molar-refractivity contribution in [3.05, 3.63) is 47.9 Å². The maximum absolute atomic E-state index is 13.9. The Kier molecular flexibility index (Phi) is 6.21. The number of allylic oxidation sites excluding steroid dienone is 2. The monoisotopic (exact) mass is 377 g/mol. The lowest BCUT2D eigenvalue weighted by atomic mass is 10.0. The molecule has 2 N–H and O–H groups in total. The minimum Gasteiger partial charge on any atom is -0.466 e. The summed E-state index contributed by atoms with van der Waals surface area (Å²) in [4.78, 5) is 15.4. The van der Waals surface area contributed by atoms with Crippen LogP contribution in [0.5, 0.6) is 5.75 Å². The lowest BCUT2D eigenvalue weighted by Gasteiger charge is -2.32. The van der Waals surface area contributed by atoms with Crippen molar-refractivity contribution in [2.75, 3.05) is 26.4 Å². The third-order valence-electron chi connectivity index (χ3n) is 4.48. The first kappa shape index (κ1) is 18.8. The van der Waals surface area contributed by atoms with Gasteiger partial charge in [-0.1, -0.05) is 6.07 Å². The number of piperidine rings is 1. The van der Waals surface area contributed by atoms with Crippen LogP contribution in [0.25, 0.3) is 0 Å². The summed E-state index contributed by atoms with van der Waals surface area (Å²) in [5.74, 6) is -0.0938. The number of hydrogen-bond donors (Lipinski definition) is 2. The normalized spacial score (nSPS) is 21.0. The van der Waals surface area contributed by atoms with Crippen molar-refractivity contribution in [2.45, 2.75) is 30.0 Å². The van der Waals surface area contributed by atoms with Gasteiger partial charge in [0.25, 0.3) is 5.91 Å². The minimum atomic E-state index is -0.673. The molecule has 140 valence electrons. The van der Waals surface area contributed by atoms with Crippen molar-refractivity contribution in [2.24, 2.45) is 0 Å². The number of amides is 1. The summed E-state index contributed by atoms with van der Waals surface area (Å²) in [6, 6.07) is 7.74. The summed E-state index contributed by atoms with van der Waals surface area (Å²) in [6.07, 6.45) is 5.66. The number of carbonyl (C=O) groups excluding carboxylic acids is 1. The Morgan fingerprint density at radius 2 is 2.15 bits per heavy atom. The zero-order chi connectivity index (χ0) is 18.5. The average Bonchev–Trinajstić information content (AvgIpc) is 2.64. The number of benzene rings is 1. The van der Waals surface area contributed by atoms with Crippen LogP contribution < -0.4 is 15.4 Å². The molecule has 2 aliphatic heterocycles. The zero-order valence-corrected chi connectivity index (χ0v) is 15.8. The van der Waals surface area contributed by atoms with Crippen LogP contribution in [0.4, 0.5) is 4.39 Å². The van der Waals surface area contributed by atoms with E-state index in [1.165, 1.54) is 12.3 Å². The number of thioether (sulfide) groups is 1. The van der Waals surface area contributed by atoms with Gasteiger partial charge in [0.1, 0.15) is 11.6 Å². The molecule has 1 unspecified atom stereocenters. The van der Waals surface area contributed by atoms with Crippen molar-refractivity contribution in [3.63, 3.8) is 0 Å². The summed E-state index contributed by atoms with van der Waals surface area (Å²) in [5.41, 5.74) is 0.278. The number of likely N-dealkylation sites (N-methyl/N-ethyl adjacent to an activating group) is 1. The highest BCUT2D eigenvalue weighted by Crippen LogP contribution is 2.27. The molecule has 5 nitrogen and oxygen atoms in total. The molecule has 2 heterocycles. The first-order chi connectivity index (χ1) is 12.6. The molecule has 1 atom stereocenters. The molecule has 1 amide bonds. The quantitative estimate of drug-likeness (QED) is 0.773. The van der Waals surface area contributed by atoms with Gasteiger partial charge < -0.3 is 20.3 Å². The molecular formula is C19H24FN3O2S. The van der Waals surface area contributed by atoms with Gasteiger partial charge in [-0.25, -0.2) is 4.39 Å². The van der Waals surface area contributed by atoms with E-state index in [1.54, 1.807) is 23.7 Å². The Morgan fingerprint density at radius 1 is 1.38 bits per heavy atom. The summed E-state index contributed by atoms with van der Waals surface area (Å²) in [5, 5.41) is 6.28. The van der Waals surface area contributed by atoms with E-state index in [-0.39, 0.29) is 17.5 Å². The second-order valence-corrected chi connectivity index (χ2v) is 7.31. The van der Waals surface area contributed by atoms with Crippen molar-refractivity contribution in [3.8, 4) is 5.75 Å². The first-order valence-corrected chi connectivity index (χ1v) is 9.92. The number of halogens is 1. The van der Waals surface area contributed by atoms with E-state index in [4.69, 9.17) is 4.74 Å². The van der Waals surface area contributed by atoms with Crippen LogP contribution in [0.15, 0.2) is 52.8 Å². The first-order valence-electron chi connectivity index (χ1n) is 8.70. The molecule has 2 aliphatic rings. The summed E-state index contributed by atoms with van der Waals surface area (Å²) in [7, 11) is 1.70. The average molecular weight is 377 g/mol. The number of ether oxygens (including phenoxy) is 1. The smallest absolute Gasteiger partial charge is 0.253 e. The van der Waals surface area contributed by atoms with Gasteiger partial charge in [0.2, 0.25) is 6.23 Å². The molecule has 0 aliphatic carbocycles. The van der Waals surface area contributed by atoms with Crippen molar-refractivity contribution in [1.29, 1.82) is 0 Å². The molecule has 0 saturated carbocycles. The Labute approximate surface area is 157 Å². The van der Waals surface area contributed by atoms with E-state index in [2.05, 4.69) is 10.6 Å². The van der Waals surface area contributed by atoms with E-state index < -0.39 is 12.1 Å². The van der Waals surface area contributed by atoms with Crippen molar-refractivity contribution < 1.29 is 13.9 Å². The molecule has 0 spiro atoms. The van der Waals surface area contributed by atoms with E-state index >= 15 is 0 Å². The fourth-order valence-electron chi connectivity index (χ4n) is 3.10. The Bertz CT molecular complexity index is 716. The van der Waals surface area contributed by atoms with Gasteiger partial charge in [-0.2, -0.15) is 0 Å². The zero-order valence-electron chi connectivity index (χ0n) is 15.0. The van der Waals surface area contributed by atoms with Gasteiger partial charge in [0.05, 0.1) is 5.57 Å². The molecule has 1 aromatic rings. The third-order valence-corrected chi connectivity index (χ3v) is 5.21. The predicted molar refractivity (Wildman–Crippen MR) is 102 cm³/mol. The molecule has 1 saturated heterocycles. The predicted octanol–water partition coefficient (Wildman–Crippen LogP) is 2.66. The lowest BCUT2D eigenvalue weighted by Crippen LogP contribution is -2.47. The van der Waals surface area contributed by atoms with Crippen LogP contribution in [-0.2, 0) is 4.79 Å². The Hall–Kier alpha value is -1.99. The maximum Gasteiger partial charge on any atom is 0.253 e. The Balaban J connectivity index is 1.77. The lowest BCUT2D eigenvalue weighted by molar-refractivity contribution is -0.120. The van der Waals surface area contributed by atoms with Crippen molar-refractivity contribution >= 4 is 17.7 Å². The van der Waals surface area contributed by atoms with E-state index in [9.17, 15) is 9.18 Å². The van der Waals surface area contributed by atoms with Gasteiger partial charge in [-0.15, -0.1) is 11.8 Å². The number of carbonyl (C=O) groups is 1. The standard InChI is InChI=1S/C19H24FN3O2S/c1-23-12-13(20)10-17(18(24)22-14-6-8-21-9-7-14)19(23)25-15-4-3-5-16(11-15)26-2/h3-5,10-12,14,19,21H,6-9H2,1-2H3,(H,22,24). The molecule has 1 aromatic carbocycles. The number of nitrogens with zero attached hydrogens (tertiary/aromatic N) is 1. The van der Waals surface area contributed by atoms with Crippen LogP contribution in [0.2, 0.25) is 0 Å². The number of rotatable bonds is 5. The SMILES string of the molecule is CSc1cccc(OC2C(C(=O)NC3CCNCC3)=CC(F)=CN2C)c1. The van der Waals surface area contributed by atoms with Crippen molar-refractivity contribution in [1.82, 2.24) is 15.5 Å². The topological polar surface area (TPSA) is 53.6 Å². The summed E-state index contributed by atoms with van der Waals surface area (Å²) < 4.78 is 20.0. The molecule has 7 heteroatoms. The van der Waals surface area contributed by atoms with E-state index in [1.807, 2.05) is 30.5 Å². The van der Waals surface area contributed by atoms with E-state index in [0.29, 0.717) is 5.75 Å². The molecule has 26 heavy (non-hydrogen) atoms. The molecule has 1 fully saturated rings. The Morgan fingerprint density at radius 3 is 2.88 bits per heavy atom. The summed E-state index contributed by atoms with van der Waals surface area (Å²) in [6.45, 7) is 1.75. The maximum atomic E-state index is 13.9. The molecular weight excluding hydrogens is 353 g/mol. The molecule has 0 bridgehead atoms. The van der Waals surface area contributed by atoms with Gasteiger partial charge in [-0.3, -0.25) is 4.79 Å². The van der Waals surface area contributed by atoms with E-state index in [0.717, 1.165) is 30.8 Å². The highest BCUT2D eigenvalue weighted by Gasteiger charge is 2.31. The highest BCUT2D eigenvalue weighted by molar-refractivity contribution is 7.98. The van der Waals surface area contributed by atoms with Gasteiger partial charge in [0, 0.05) is 24.2 Å². The second kappa shape index (κ2) is 8.60. The number of nitrogens with one attached hydrogen (secondary N) is 2. The second-order valence-electron chi connectivity index (χ2n) is 6.43. The van der Waals surface area contributed by atoms with Crippen LogP contribution in [0, 0.1) is 0 Å². The van der Waals surface area contributed by atoms with Gasteiger partial charge in [-0.05, 0) is 56.5 Å². The van der Waals surface area contributed by atoms with Gasteiger partial charge in [0.15, 0.2) is 0 Å². The van der Waals surface area contributed by atoms with Crippen LogP contribution >= 0.6 is 11.8 Å². The summed E-state index contributed by atoms with van der Waals surface area (Å²) >= 11 is 1.61. The third kappa shape index (κ3) is 4.59. The number of hydrogen-bond acceptors (Lipinski definition) is 5. The fourth-order valence-corrected chi connectivity index (χ4v) is 3.55. The molecule has 3 rings (SSSR count). The van der Waals surface area contributed by atoms with Crippen LogP contribution in [-0.4, -0.2) is 49.5 Å². The molecule has 0 radical (unpaired) electrons. The fraction of sp³-hybridized carbons (Fsp3) is 0.421. The van der Waals surface area contributed by atoms with Gasteiger partial charge >= 0.3 is 0 Å². The van der Waals surface area contributed by atoms with Crippen LogP contribution in [0.1, 0.15) is 12.8 Å². The largest absolute Gasteiger partial charge is 0.466 e. The highest BCUT2D eigenvalue weighted by atomic mass is 32.2. The minimum absolute atomic E-state index is 0.101. The molecule has 0 aromatic heterocycles. The van der Waals surface area contributed by atoms with Crippen LogP contribution in [0.3, 0.4) is 0 Å².